The van der Waals surface area contributed by atoms with Gasteiger partial charge >= 0.3 is 0 Å². The summed E-state index contributed by atoms with van der Waals surface area (Å²) >= 11 is 8.16. The molecule has 0 atom stereocenters. The van der Waals surface area contributed by atoms with E-state index in [2.05, 4.69) is 17.4 Å². The zero-order valence-corrected chi connectivity index (χ0v) is 12.6. The van der Waals surface area contributed by atoms with Crippen molar-refractivity contribution in [1.29, 1.82) is 0 Å². The first-order valence-electron chi connectivity index (χ1n) is 6.32. The van der Waals surface area contributed by atoms with Crippen LogP contribution in [0.2, 0.25) is 5.02 Å². The zero-order valence-electron chi connectivity index (χ0n) is 11.0. The second kappa shape index (κ2) is 5.73. The minimum absolute atomic E-state index is 0.693. The van der Waals surface area contributed by atoms with Crippen LogP contribution in [-0.4, -0.2) is 7.11 Å². The lowest BCUT2D eigenvalue weighted by Gasteiger charge is -2.10. The highest BCUT2D eigenvalue weighted by molar-refractivity contribution is 7.19. The van der Waals surface area contributed by atoms with E-state index in [-0.39, 0.29) is 0 Å². The van der Waals surface area contributed by atoms with E-state index in [0.717, 1.165) is 26.7 Å². The smallest absolute Gasteiger partial charge is 0.141 e. The molecule has 0 saturated heterocycles. The summed E-state index contributed by atoms with van der Waals surface area (Å²) < 4.78 is 6.55. The molecule has 20 heavy (non-hydrogen) atoms. The number of halogens is 1. The van der Waals surface area contributed by atoms with Crippen molar-refractivity contribution in [2.45, 2.75) is 6.54 Å². The Balaban J connectivity index is 1.85. The molecule has 0 fully saturated rings. The van der Waals surface area contributed by atoms with Crippen molar-refractivity contribution in [2.24, 2.45) is 0 Å². The average Bonchev–Trinajstić information content (AvgIpc) is 2.82. The summed E-state index contributed by atoms with van der Waals surface area (Å²) in [7, 11) is 1.67. The van der Waals surface area contributed by atoms with Crippen LogP contribution in [0.4, 0.5) is 5.69 Å². The van der Waals surface area contributed by atoms with E-state index in [4.69, 9.17) is 16.3 Å². The van der Waals surface area contributed by atoms with Gasteiger partial charge in [0.1, 0.15) is 5.75 Å². The largest absolute Gasteiger partial charge is 0.495 e. The van der Waals surface area contributed by atoms with E-state index in [1.54, 1.807) is 18.4 Å². The Morgan fingerprint density at radius 3 is 2.65 bits per heavy atom. The van der Waals surface area contributed by atoms with E-state index < -0.39 is 0 Å². The molecule has 0 aliphatic heterocycles. The van der Waals surface area contributed by atoms with Crippen LogP contribution in [-0.2, 0) is 6.54 Å². The molecule has 3 rings (SSSR count). The lowest BCUT2D eigenvalue weighted by Crippen LogP contribution is -1.99. The Kier molecular flexibility index (Phi) is 3.81. The number of hydrogen-bond acceptors (Lipinski definition) is 3. The van der Waals surface area contributed by atoms with Crippen LogP contribution in [0.3, 0.4) is 0 Å². The molecule has 0 amide bonds. The molecule has 1 aromatic heterocycles. The van der Waals surface area contributed by atoms with Gasteiger partial charge in [0.25, 0.3) is 0 Å². The number of nitrogens with one attached hydrogen (secondary N) is 1. The van der Waals surface area contributed by atoms with Crippen LogP contribution >= 0.6 is 22.9 Å². The van der Waals surface area contributed by atoms with Crippen molar-refractivity contribution in [2.75, 3.05) is 12.4 Å². The van der Waals surface area contributed by atoms with E-state index in [1.165, 1.54) is 4.70 Å². The second-order valence-corrected chi connectivity index (χ2v) is 5.90. The van der Waals surface area contributed by atoms with Gasteiger partial charge in [0.2, 0.25) is 0 Å². The van der Waals surface area contributed by atoms with E-state index in [1.807, 2.05) is 36.4 Å². The highest BCUT2D eigenvalue weighted by Crippen LogP contribution is 2.36. The maximum Gasteiger partial charge on any atom is 0.141 e. The number of anilines is 1. The van der Waals surface area contributed by atoms with Crippen molar-refractivity contribution < 1.29 is 4.74 Å². The fraction of sp³-hybridized carbons (Fsp3) is 0.125. The molecule has 0 saturated carbocycles. The molecule has 0 radical (unpaired) electrons. The Bertz CT molecular complexity index is 738. The van der Waals surface area contributed by atoms with Crippen molar-refractivity contribution in [3.63, 3.8) is 0 Å². The van der Waals surface area contributed by atoms with Crippen molar-refractivity contribution in [3.05, 3.63) is 58.4 Å². The third-order valence-corrected chi connectivity index (χ3v) is 4.86. The first-order valence-corrected chi connectivity index (χ1v) is 7.52. The fourth-order valence-corrected chi connectivity index (χ4v) is 3.58. The molecular weight excluding hydrogens is 290 g/mol. The molecule has 102 valence electrons. The Morgan fingerprint density at radius 1 is 1.10 bits per heavy atom. The number of fused-ring (bicyclic) bond motifs is 1. The van der Waals surface area contributed by atoms with Gasteiger partial charge < -0.3 is 10.1 Å². The average molecular weight is 304 g/mol. The Morgan fingerprint density at radius 2 is 1.85 bits per heavy atom. The lowest BCUT2D eigenvalue weighted by molar-refractivity contribution is 0.416. The predicted molar refractivity (Wildman–Crippen MR) is 87.2 cm³/mol. The summed E-state index contributed by atoms with van der Waals surface area (Å²) in [5, 5.41) is 5.35. The van der Waals surface area contributed by atoms with Crippen LogP contribution in [0.1, 0.15) is 4.88 Å². The van der Waals surface area contributed by atoms with Crippen molar-refractivity contribution in [1.82, 2.24) is 0 Å². The molecule has 0 spiro atoms. The number of ether oxygens (including phenoxy) is 1. The van der Waals surface area contributed by atoms with Gasteiger partial charge in [-0.25, -0.2) is 0 Å². The first kappa shape index (κ1) is 13.3. The molecule has 0 aliphatic rings. The second-order valence-electron chi connectivity index (χ2n) is 4.39. The number of methoxy groups -OCH3 is 1. The van der Waals surface area contributed by atoms with Gasteiger partial charge in [-0.15, -0.1) is 11.3 Å². The first-order chi connectivity index (χ1) is 9.79. The summed E-state index contributed by atoms with van der Waals surface area (Å²) in [4.78, 5) is 1.14. The minimum atomic E-state index is 0.693. The van der Waals surface area contributed by atoms with Crippen molar-refractivity contribution >= 4 is 38.7 Å². The molecule has 3 aromatic rings. The van der Waals surface area contributed by atoms with Gasteiger partial charge in [-0.3, -0.25) is 0 Å². The molecule has 4 heteroatoms. The van der Waals surface area contributed by atoms with Crippen LogP contribution in [0.5, 0.6) is 5.75 Å². The van der Waals surface area contributed by atoms with Gasteiger partial charge in [-0.1, -0.05) is 41.9 Å². The third-order valence-electron chi connectivity index (χ3n) is 3.15. The minimum Gasteiger partial charge on any atom is -0.495 e. The lowest BCUT2D eigenvalue weighted by atomic mass is 10.2. The van der Waals surface area contributed by atoms with E-state index in [0.29, 0.717) is 6.54 Å². The summed E-state index contributed by atoms with van der Waals surface area (Å²) in [6, 6.07) is 16.1. The van der Waals surface area contributed by atoms with Gasteiger partial charge in [0.05, 0.1) is 24.4 Å². The molecule has 0 unspecified atom stereocenters. The number of hydrogen-bond donors (Lipinski definition) is 1. The van der Waals surface area contributed by atoms with Crippen LogP contribution in [0.15, 0.2) is 48.5 Å². The number of thiophene rings is 1. The number of benzene rings is 2. The fourth-order valence-electron chi connectivity index (χ4n) is 2.14. The monoisotopic (exact) mass is 303 g/mol. The molecule has 0 bridgehead atoms. The van der Waals surface area contributed by atoms with Crippen molar-refractivity contribution in [3.8, 4) is 5.75 Å². The van der Waals surface area contributed by atoms with E-state index >= 15 is 0 Å². The summed E-state index contributed by atoms with van der Waals surface area (Å²) in [5.41, 5.74) is 0.975. The highest BCUT2D eigenvalue weighted by Gasteiger charge is 2.10. The highest BCUT2D eigenvalue weighted by atomic mass is 35.5. The molecule has 1 N–H and O–H groups in total. The maximum absolute atomic E-state index is 6.44. The topological polar surface area (TPSA) is 21.3 Å². The summed E-state index contributed by atoms with van der Waals surface area (Å²) in [6.07, 6.45) is 0. The standard InChI is InChI=1S/C16H14ClNOS/c1-19-13-8-4-3-7-12(13)18-10-15-16(17)11-6-2-5-9-14(11)20-15/h2-9,18H,10H2,1H3. The molecule has 2 aromatic carbocycles. The number of rotatable bonds is 4. The van der Waals surface area contributed by atoms with Crippen LogP contribution in [0.25, 0.3) is 10.1 Å². The maximum atomic E-state index is 6.44. The van der Waals surface area contributed by atoms with Crippen LogP contribution in [0, 0.1) is 0 Å². The number of para-hydroxylation sites is 2. The molecule has 2 nitrogen and oxygen atoms in total. The van der Waals surface area contributed by atoms with Gasteiger partial charge in [0, 0.05) is 15.0 Å². The molecular formula is C16H14ClNOS. The Labute approximate surface area is 127 Å². The van der Waals surface area contributed by atoms with Gasteiger partial charge in [-0.05, 0) is 18.2 Å². The van der Waals surface area contributed by atoms with Gasteiger partial charge in [-0.2, -0.15) is 0 Å². The summed E-state index contributed by atoms with van der Waals surface area (Å²) in [5.74, 6) is 0.838. The summed E-state index contributed by atoms with van der Waals surface area (Å²) in [6.45, 7) is 0.693. The Hall–Kier alpha value is -1.71. The van der Waals surface area contributed by atoms with Crippen LogP contribution < -0.4 is 10.1 Å². The third kappa shape index (κ3) is 2.47. The van der Waals surface area contributed by atoms with E-state index in [9.17, 15) is 0 Å². The zero-order chi connectivity index (χ0) is 13.9. The molecule has 0 aliphatic carbocycles. The SMILES string of the molecule is COc1ccccc1NCc1sc2ccccc2c1Cl. The molecule has 1 heterocycles. The van der Waals surface area contributed by atoms with Gasteiger partial charge in [0.15, 0.2) is 0 Å². The predicted octanol–water partition coefficient (Wildman–Crippen LogP) is 5.18. The quantitative estimate of drug-likeness (QED) is 0.717. The normalized spacial score (nSPS) is 10.7.